The Labute approximate surface area is 396 Å². The van der Waals surface area contributed by atoms with Gasteiger partial charge < -0.3 is 47.4 Å². The van der Waals surface area contributed by atoms with Gasteiger partial charge in [0.2, 0.25) is 0 Å². The Kier molecular flexibility index (Phi) is 18.6. The lowest BCUT2D eigenvalue weighted by Crippen LogP contribution is -2.41. The molecule has 4 aromatic carbocycles. The predicted molar refractivity (Wildman–Crippen MR) is 252 cm³/mol. The zero-order valence-corrected chi connectivity index (χ0v) is 39.2. The summed E-state index contributed by atoms with van der Waals surface area (Å²) in [6.07, 6.45) is 9.10. The fraction of sp³-hybridized carbons (Fsp3) is 0.423. The van der Waals surface area contributed by atoms with Crippen LogP contribution in [-0.4, -0.2) is 115 Å². The summed E-state index contributed by atoms with van der Waals surface area (Å²) in [6, 6.07) is 26.4. The Morgan fingerprint density at radius 1 is 0.397 bits per heavy atom. The lowest BCUT2D eigenvalue weighted by Gasteiger charge is -2.23. The Morgan fingerprint density at radius 3 is 0.868 bits per heavy atom. The number of esters is 4. The molecular formula is C52H60N2O14. The van der Waals surface area contributed by atoms with Crippen LogP contribution in [0.15, 0.2) is 107 Å². The maximum Gasteiger partial charge on any atom is 0.338 e. The van der Waals surface area contributed by atoms with Gasteiger partial charge in [-0.1, -0.05) is 38.5 Å². The minimum Gasteiger partial charge on any atom is -0.497 e. The van der Waals surface area contributed by atoms with Crippen LogP contribution in [0, 0.1) is 0 Å². The highest BCUT2D eigenvalue weighted by molar-refractivity contribution is 5.91. The number of ether oxygens (including phenoxy) is 10. The molecule has 0 fully saturated rings. The van der Waals surface area contributed by atoms with Crippen LogP contribution in [0.4, 0.5) is 0 Å². The van der Waals surface area contributed by atoms with Crippen molar-refractivity contribution in [2.75, 3.05) is 68.1 Å². The van der Waals surface area contributed by atoms with E-state index in [9.17, 15) is 19.2 Å². The number of benzene rings is 4. The van der Waals surface area contributed by atoms with E-state index in [-0.39, 0.29) is 39.6 Å². The summed E-state index contributed by atoms with van der Waals surface area (Å²) in [5, 5.41) is 0. The van der Waals surface area contributed by atoms with E-state index in [1.54, 1.807) is 126 Å². The molecule has 0 unspecified atom stereocenters. The molecule has 16 heteroatoms. The van der Waals surface area contributed by atoms with Crippen molar-refractivity contribution in [3.05, 3.63) is 119 Å². The van der Waals surface area contributed by atoms with Crippen molar-refractivity contribution in [2.45, 2.75) is 75.3 Å². The van der Waals surface area contributed by atoms with E-state index in [2.05, 4.69) is 0 Å². The van der Waals surface area contributed by atoms with Gasteiger partial charge in [-0.05, 0) is 110 Å². The molecule has 0 radical (unpaired) electrons. The maximum atomic E-state index is 13.0. The molecule has 0 bridgehead atoms. The van der Waals surface area contributed by atoms with Crippen molar-refractivity contribution in [3.8, 4) is 23.0 Å². The Morgan fingerprint density at radius 2 is 0.632 bits per heavy atom. The topological polar surface area (TPSA) is 185 Å². The van der Waals surface area contributed by atoms with Gasteiger partial charge in [0.1, 0.15) is 62.6 Å². The van der Waals surface area contributed by atoms with E-state index in [1.807, 2.05) is 0 Å². The minimum atomic E-state index is -1.09. The van der Waals surface area contributed by atoms with Crippen molar-refractivity contribution < 1.29 is 66.5 Å². The first-order chi connectivity index (χ1) is 33.0. The normalized spacial score (nSPS) is 14.3. The highest BCUT2D eigenvalue weighted by Gasteiger charge is 2.41. The van der Waals surface area contributed by atoms with E-state index in [1.165, 1.54) is 0 Å². The van der Waals surface area contributed by atoms with Crippen LogP contribution < -0.4 is 18.9 Å². The first-order valence-corrected chi connectivity index (χ1v) is 22.7. The van der Waals surface area contributed by atoms with E-state index < -0.39 is 35.0 Å². The second kappa shape index (κ2) is 25.1. The summed E-state index contributed by atoms with van der Waals surface area (Å²) >= 11 is 0. The number of carbonyl (C=O) groups is 4. The van der Waals surface area contributed by atoms with E-state index in [4.69, 9.17) is 57.4 Å². The smallest absolute Gasteiger partial charge is 0.338 e. The van der Waals surface area contributed by atoms with Crippen LogP contribution in [0.1, 0.15) is 106 Å². The number of aliphatic imine (C=N–C) groups is 2. The monoisotopic (exact) mass is 936 g/mol. The molecule has 0 aliphatic carbocycles. The van der Waals surface area contributed by atoms with Gasteiger partial charge in [-0.2, -0.15) is 0 Å². The third-order valence-corrected chi connectivity index (χ3v) is 11.5. The molecule has 0 spiro atoms. The van der Waals surface area contributed by atoms with E-state index >= 15 is 0 Å². The van der Waals surface area contributed by atoms with Crippen LogP contribution in [0.2, 0.25) is 0 Å². The zero-order valence-electron chi connectivity index (χ0n) is 39.2. The van der Waals surface area contributed by atoms with Crippen molar-refractivity contribution in [1.29, 1.82) is 0 Å². The first-order valence-electron chi connectivity index (χ1n) is 22.7. The molecule has 0 amide bonds. The van der Waals surface area contributed by atoms with Crippen LogP contribution in [0.5, 0.6) is 23.0 Å². The van der Waals surface area contributed by atoms with E-state index in [0.717, 1.165) is 51.4 Å². The first kappa shape index (κ1) is 50.3. The highest BCUT2D eigenvalue weighted by Crippen LogP contribution is 2.27. The summed E-state index contributed by atoms with van der Waals surface area (Å²) in [5.41, 5.74) is -0.778. The molecule has 0 saturated carbocycles. The Hall–Kier alpha value is -7.10. The van der Waals surface area contributed by atoms with Crippen LogP contribution in [0.25, 0.3) is 0 Å². The van der Waals surface area contributed by atoms with Crippen LogP contribution in [0.3, 0.4) is 0 Å². The van der Waals surface area contributed by atoms with Gasteiger partial charge in [-0.3, -0.25) is 0 Å². The number of unbranched alkanes of at least 4 members (excludes halogenated alkanes) is 7. The molecule has 2 aliphatic rings. The predicted octanol–water partition coefficient (Wildman–Crippen LogP) is 8.68. The maximum absolute atomic E-state index is 13.0. The number of hydrogen-bond acceptors (Lipinski definition) is 16. The second-order valence-electron chi connectivity index (χ2n) is 16.6. The molecule has 0 N–H and O–H groups in total. The Balaban J connectivity index is 0.929. The third-order valence-electron chi connectivity index (χ3n) is 11.5. The molecule has 68 heavy (non-hydrogen) atoms. The summed E-state index contributed by atoms with van der Waals surface area (Å²) in [5.74, 6) is 1.38. The fourth-order valence-electron chi connectivity index (χ4n) is 7.38. The van der Waals surface area contributed by atoms with Crippen molar-refractivity contribution in [1.82, 2.24) is 0 Å². The third kappa shape index (κ3) is 14.7. The van der Waals surface area contributed by atoms with Gasteiger partial charge in [-0.25, -0.2) is 29.2 Å². The van der Waals surface area contributed by atoms with Gasteiger partial charge in [-0.15, -0.1) is 0 Å². The SMILES string of the molecule is COc1ccc(C(=O)OCC2(COC(=O)c3ccc(OC)cc3)COC(CCCCCCCCCCC3=NC(COC(=O)c4ccc(OC)cc4)(COC(=O)c4ccc(OC)cc4)CO3)=N2)cc1. The summed E-state index contributed by atoms with van der Waals surface area (Å²) in [4.78, 5) is 61.4. The van der Waals surface area contributed by atoms with Gasteiger partial charge in [0.15, 0.2) is 22.9 Å². The molecule has 16 nitrogen and oxygen atoms in total. The van der Waals surface area contributed by atoms with Crippen molar-refractivity contribution in [2.24, 2.45) is 9.98 Å². The molecular weight excluding hydrogens is 877 g/mol. The standard InChI is InChI=1S/C52H60N2O14/c1-59-41-23-15-37(16-24-41)47(55)65-33-51(34-66-48(56)38-17-25-42(60-2)26-18-38)31-63-45(53-51)13-11-9-7-5-6-8-10-12-14-46-54-52(32-64-46,35-67-49(57)39-19-27-43(61-3)28-20-39)36-68-50(58)40-21-29-44(62-4)30-22-40/h15-30H,5-14,31-36H2,1-4H3. The lowest BCUT2D eigenvalue weighted by atomic mass is 10.0. The average molecular weight is 937 g/mol. The van der Waals surface area contributed by atoms with Crippen molar-refractivity contribution in [3.63, 3.8) is 0 Å². The van der Waals surface area contributed by atoms with Crippen LogP contribution >= 0.6 is 0 Å². The van der Waals surface area contributed by atoms with Gasteiger partial charge in [0, 0.05) is 12.8 Å². The number of hydrogen-bond donors (Lipinski definition) is 0. The number of nitrogens with zero attached hydrogens (tertiary/aromatic N) is 2. The lowest BCUT2D eigenvalue weighted by molar-refractivity contribution is 0.0134. The van der Waals surface area contributed by atoms with Gasteiger partial charge >= 0.3 is 23.9 Å². The minimum absolute atomic E-state index is 0.0998. The largest absolute Gasteiger partial charge is 0.497 e. The second-order valence-corrected chi connectivity index (χ2v) is 16.6. The Bertz CT molecular complexity index is 2040. The van der Waals surface area contributed by atoms with Crippen molar-refractivity contribution >= 4 is 35.7 Å². The number of rotatable bonds is 27. The molecule has 6 rings (SSSR count). The zero-order chi connectivity index (χ0) is 48.2. The number of methoxy groups -OCH3 is 4. The van der Waals surface area contributed by atoms with Crippen LogP contribution in [-0.2, 0) is 28.4 Å². The number of carbonyl (C=O) groups excluding carboxylic acids is 4. The van der Waals surface area contributed by atoms with Gasteiger partial charge in [0.05, 0.1) is 50.7 Å². The molecule has 2 aliphatic heterocycles. The van der Waals surface area contributed by atoms with E-state index in [0.29, 0.717) is 69.9 Å². The fourth-order valence-corrected chi connectivity index (χ4v) is 7.38. The highest BCUT2D eigenvalue weighted by atomic mass is 16.6. The summed E-state index contributed by atoms with van der Waals surface area (Å²) in [7, 11) is 6.19. The van der Waals surface area contributed by atoms with Gasteiger partial charge in [0.25, 0.3) is 0 Å². The summed E-state index contributed by atoms with van der Waals surface area (Å²) < 4.78 is 55.5. The molecule has 2 heterocycles. The molecule has 362 valence electrons. The summed E-state index contributed by atoms with van der Waals surface area (Å²) in [6.45, 7) is -0.359. The average Bonchev–Trinajstić information content (AvgIpc) is 4.00. The quantitative estimate of drug-likeness (QED) is 0.0314. The molecule has 4 aromatic rings. The molecule has 0 aromatic heterocycles. The molecule has 0 saturated heterocycles. The molecule has 0 atom stereocenters.